The minimum Gasteiger partial charge on any atom is -0.462 e. The molecule has 2 saturated carbocycles. The molecule has 0 radical (unpaired) electrons. The normalized spacial score (nSPS) is 47.9. The van der Waals surface area contributed by atoms with Crippen molar-refractivity contribution in [3.63, 3.8) is 0 Å². The lowest BCUT2D eigenvalue weighted by atomic mass is 9.53. The van der Waals surface area contributed by atoms with E-state index in [1.165, 1.54) is 19.3 Å². The summed E-state index contributed by atoms with van der Waals surface area (Å²) in [6, 6.07) is 0. The zero-order valence-electron chi connectivity index (χ0n) is 15.9. The molecule has 3 saturated heterocycles. The lowest BCUT2D eigenvalue weighted by Gasteiger charge is -2.51. The summed E-state index contributed by atoms with van der Waals surface area (Å²) in [7, 11) is 2.05. The summed E-state index contributed by atoms with van der Waals surface area (Å²) >= 11 is 0. The molecule has 5 fully saturated rings. The van der Waals surface area contributed by atoms with E-state index >= 15 is 0 Å². The second-order valence-electron chi connectivity index (χ2n) is 9.49. The molecule has 0 aromatic carbocycles. The van der Waals surface area contributed by atoms with E-state index in [4.69, 9.17) is 18.9 Å². The second-order valence-corrected chi connectivity index (χ2v) is 9.49. The SMILES string of the molecule is CN(CC1OCCO1)CC1C(=O)OC2CC3(C)CCCC4(CO4)C3CC21. The third-order valence-electron chi connectivity index (χ3n) is 7.74. The van der Waals surface area contributed by atoms with Crippen LogP contribution in [-0.2, 0) is 23.7 Å². The Bertz CT molecular complexity index is 573. The van der Waals surface area contributed by atoms with Crippen LogP contribution in [0.4, 0.5) is 0 Å². The molecule has 1 spiro atoms. The predicted octanol–water partition coefficient (Wildman–Crippen LogP) is 1.82. The summed E-state index contributed by atoms with van der Waals surface area (Å²) in [5, 5.41) is 0. The molecule has 0 aromatic heterocycles. The molecular formula is C20H31NO5. The van der Waals surface area contributed by atoms with Gasteiger partial charge in [0.1, 0.15) is 6.10 Å². The van der Waals surface area contributed by atoms with Crippen molar-refractivity contribution in [1.29, 1.82) is 0 Å². The van der Waals surface area contributed by atoms with Crippen molar-refractivity contribution in [2.45, 2.75) is 57.0 Å². The van der Waals surface area contributed by atoms with Crippen LogP contribution in [0.5, 0.6) is 0 Å². The van der Waals surface area contributed by atoms with Crippen LogP contribution >= 0.6 is 0 Å². The highest BCUT2D eigenvalue weighted by Gasteiger charge is 2.65. The molecule has 26 heavy (non-hydrogen) atoms. The van der Waals surface area contributed by atoms with Gasteiger partial charge in [0.25, 0.3) is 0 Å². The topological polar surface area (TPSA) is 60.5 Å². The third-order valence-corrected chi connectivity index (χ3v) is 7.74. The second kappa shape index (κ2) is 6.16. The van der Waals surface area contributed by atoms with Gasteiger partial charge in [-0.05, 0) is 50.5 Å². The minimum absolute atomic E-state index is 0.00637. The van der Waals surface area contributed by atoms with E-state index in [0.29, 0.717) is 31.6 Å². The first-order chi connectivity index (χ1) is 12.5. The monoisotopic (exact) mass is 365 g/mol. The number of esters is 1. The van der Waals surface area contributed by atoms with Crippen molar-refractivity contribution in [2.75, 3.05) is 40.0 Å². The van der Waals surface area contributed by atoms with Crippen LogP contribution in [0.25, 0.3) is 0 Å². The van der Waals surface area contributed by atoms with Gasteiger partial charge in [-0.1, -0.05) is 6.92 Å². The van der Waals surface area contributed by atoms with E-state index in [9.17, 15) is 4.79 Å². The maximum Gasteiger partial charge on any atom is 0.310 e. The van der Waals surface area contributed by atoms with Crippen molar-refractivity contribution < 1.29 is 23.7 Å². The first-order valence-electron chi connectivity index (χ1n) is 10.3. The number of carbonyl (C=O) groups is 1. The van der Waals surface area contributed by atoms with Crippen LogP contribution < -0.4 is 0 Å². The van der Waals surface area contributed by atoms with Crippen molar-refractivity contribution >= 4 is 5.97 Å². The number of nitrogens with zero attached hydrogens (tertiary/aromatic N) is 1. The lowest BCUT2D eigenvalue weighted by molar-refractivity contribution is -0.147. The quantitative estimate of drug-likeness (QED) is 0.559. The van der Waals surface area contributed by atoms with Gasteiger partial charge in [-0.2, -0.15) is 0 Å². The number of carbonyl (C=O) groups excluding carboxylic acids is 1. The third kappa shape index (κ3) is 2.81. The van der Waals surface area contributed by atoms with E-state index in [-0.39, 0.29) is 35.3 Å². The van der Waals surface area contributed by atoms with Gasteiger partial charge in [0.15, 0.2) is 6.29 Å². The molecule has 3 aliphatic heterocycles. The smallest absolute Gasteiger partial charge is 0.310 e. The summed E-state index contributed by atoms with van der Waals surface area (Å²) in [4.78, 5) is 14.8. The van der Waals surface area contributed by atoms with E-state index in [1.54, 1.807) is 0 Å². The molecule has 6 heteroatoms. The summed E-state index contributed by atoms with van der Waals surface area (Å²) < 4.78 is 23.0. The first kappa shape index (κ1) is 17.4. The molecule has 0 amide bonds. The van der Waals surface area contributed by atoms with E-state index in [2.05, 4.69) is 11.8 Å². The van der Waals surface area contributed by atoms with Crippen molar-refractivity contribution in [1.82, 2.24) is 4.90 Å². The van der Waals surface area contributed by atoms with Crippen LogP contribution in [-0.4, -0.2) is 68.8 Å². The van der Waals surface area contributed by atoms with Crippen LogP contribution in [0.3, 0.4) is 0 Å². The van der Waals surface area contributed by atoms with Crippen molar-refractivity contribution in [3.8, 4) is 0 Å². The van der Waals surface area contributed by atoms with Gasteiger partial charge in [-0.15, -0.1) is 0 Å². The van der Waals surface area contributed by atoms with Crippen molar-refractivity contribution in [2.24, 2.45) is 23.2 Å². The molecule has 3 heterocycles. The summed E-state index contributed by atoms with van der Waals surface area (Å²) in [5.41, 5.74) is 0.383. The average Bonchev–Trinajstić information content (AvgIpc) is 3.04. The summed E-state index contributed by atoms with van der Waals surface area (Å²) in [5.74, 6) is 0.864. The Labute approximate surface area is 155 Å². The van der Waals surface area contributed by atoms with Gasteiger partial charge >= 0.3 is 5.97 Å². The largest absolute Gasteiger partial charge is 0.462 e. The lowest BCUT2D eigenvalue weighted by Crippen LogP contribution is -2.51. The molecule has 0 bridgehead atoms. The van der Waals surface area contributed by atoms with Crippen LogP contribution in [0, 0.1) is 23.2 Å². The molecule has 2 aliphatic carbocycles. The van der Waals surface area contributed by atoms with E-state index < -0.39 is 0 Å². The molecule has 146 valence electrons. The number of epoxide rings is 1. The Kier molecular flexibility index (Phi) is 4.12. The van der Waals surface area contributed by atoms with Gasteiger partial charge in [-0.25, -0.2) is 0 Å². The zero-order chi connectivity index (χ0) is 17.9. The van der Waals surface area contributed by atoms with E-state index in [1.807, 2.05) is 7.05 Å². The Hall–Kier alpha value is -0.690. The average molecular weight is 365 g/mol. The number of hydrogen-bond donors (Lipinski definition) is 0. The Morgan fingerprint density at radius 1 is 1.19 bits per heavy atom. The van der Waals surface area contributed by atoms with Gasteiger partial charge < -0.3 is 23.8 Å². The number of fused-ring (bicyclic) bond motifs is 3. The molecule has 5 rings (SSSR count). The maximum atomic E-state index is 12.7. The number of ether oxygens (including phenoxy) is 4. The molecule has 6 nitrogen and oxygen atoms in total. The molecule has 0 N–H and O–H groups in total. The van der Waals surface area contributed by atoms with Crippen LogP contribution in [0.15, 0.2) is 0 Å². The molecule has 5 aliphatic rings. The fourth-order valence-corrected chi connectivity index (χ4v) is 6.34. The summed E-state index contributed by atoms with van der Waals surface area (Å²) in [6.45, 7) is 6.07. The van der Waals surface area contributed by atoms with Crippen LogP contribution in [0.1, 0.15) is 39.0 Å². The Morgan fingerprint density at radius 3 is 2.69 bits per heavy atom. The number of rotatable bonds is 4. The van der Waals surface area contributed by atoms with Crippen LogP contribution in [0.2, 0.25) is 0 Å². The van der Waals surface area contributed by atoms with Gasteiger partial charge in [0, 0.05) is 19.0 Å². The molecule has 6 atom stereocenters. The predicted molar refractivity (Wildman–Crippen MR) is 93.4 cm³/mol. The van der Waals surface area contributed by atoms with Gasteiger partial charge in [0.2, 0.25) is 0 Å². The number of likely N-dealkylation sites (N-methyl/N-ethyl adjacent to an activating group) is 1. The molecule has 0 aromatic rings. The zero-order valence-corrected chi connectivity index (χ0v) is 15.9. The first-order valence-corrected chi connectivity index (χ1v) is 10.3. The Morgan fingerprint density at radius 2 is 1.96 bits per heavy atom. The fourth-order valence-electron chi connectivity index (χ4n) is 6.34. The highest BCUT2D eigenvalue weighted by atomic mass is 16.7. The minimum atomic E-state index is -0.163. The number of hydrogen-bond acceptors (Lipinski definition) is 6. The van der Waals surface area contributed by atoms with Crippen molar-refractivity contribution in [3.05, 3.63) is 0 Å². The standard InChI is InChI=1S/C20H31NO5/c1-19-4-3-5-20(12-25-20)16(19)8-13-14(18(22)26-15(13)9-19)10-21(2)11-17-23-6-7-24-17/h13-17H,3-12H2,1-2H3. The maximum absolute atomic E-state index is 12.7. The van der Waals surface area contributed by atoms with Gasteiger partial charge in [-0.3, -0.25) is 4.79 Å². The summed E-state index contributed by atoms with van der Waals surface area (Å²) in [6.07, 6.45) is 5.69. The Balaban J connectivity index is 1.29. The molecule has 6 unspecified atom stereocenters. The molecular weight excluding hydrogens is 334 g/mol. The fraction of sp³-hybridized carbons (Fsp3) is 0.950. The highest BCUT2D eigenvalue weighted by Crippen LogP contribution is 2.62. The highest BCUT2D eigenvalue weighted by molar-refractivity contribution is 5.75. The van der Waals surface area contributed by atoms with E-state index in [0.717, 1.165) is 26.0 Å². The van der Waals surface area contributed by atoms with Gasteiger partial charge in [0.05, 0.1) is 31.3 Å².